The molecule has 0 radical (unpaired) electrons. The highest BCUT2D eigenvalue weighted by Crippen LogP contribution is 2.02. The maximum Gasteiger partial charge on any atom is 0.335 e. The maximum absolute atomic E-state index is 10.4. The van der Waals surface area contributed by atoms with Crippen LogP contribution in [0.5, 0.6) is 0 Å². The molecule has 3 N–H and O–H groups in total. The maximum atomic E-state index is 10.4. The van der Waals surface area contributed by atoms with Crippen molar-refractivity contribution in [2.75, 3.05) is 0 Å². The topological polar surface area (TPSA) is 80.4 Å². The highest BCUT2D eigenvalue weighted by Gasteiger charge is 2.12. The lowest BCUT2D eigenvalue weighted by molar-refractivity contribution is -0.117. The van der Waals surface area contributed by atoms with Gasteiger partial charge < -0.3 is 10.8 Å². The molecule has 4 heteroatoms. The van der Waals surface area contributed by atoms with Gasteiger partial charge in [0.25, 0.3) is 0 Å². The number of ketones is 1. The van der Waals surface area contributed by atoms with Gasteiger partial charge in [-0.05, 0) is 32.9 Å². The lowest BCUT2D eigenvalue weighted by Crippen LogP contribution is -2.33. The molecule has 0 aromatic heterocycles. The molecule has 0 atom stereocenters. The number of Topliss-reactive ketones (excluding diaryl/α,β-unsaturated/α-hetero) is 1. The van der Waals surface area contributed by atoms with Crippen LogP contribution in [-0.2, 0) is 4.79 Å². The highest BCUT2D eigenvalue weighted by molar-refractivity contribution is 5.87. The zero-order chi connectivity index (χ0) is 13.5. The minimum Gasteiger partial charge on any atom is -0.478 e. The number of carbonyl (C=O) groups excluding carboxylic acids is 1. The molecular weight excluding hydrogens is 218 g/mol. The lowest BCUT2D eigenvalue weighted by Gasteiger charge is -2.14. The lowest BCUT2D eigenvalue weighted by atomic mass is 10.0. The fourth-order valence-corrected chi connectivity index (χ4v) is 1.22. The SMILES string of the molecule is CC(=O)CC(C)(C)N.O=C(O)c1ccccc1. The molecule has 17 heavy (non-hydrogen) atoms. The van der Waals surface area contributed by atoms with Crippen LogP contribution >= 0.6 is 0 Å². The Labute approximate surface area is 101 Å². The smallest absolute Gasteiger partial charge is 0.335 e. The second-order valence-corrected chi connectivity index (χ2v) is 4.54. The predicted molar refractivity (Wildman–Crippen MR) is 67.0 cm³/mol. The van der Waals surface area contributed by atoms with E-state index in [0.29, 0.717) is 12.0 Å². The van der Waals surface area contributed by atoms with Crippen molar-refractivity contribution in [3.05, 3.63) is 35.9 Å². The van der Waals surface area contributed by atoms with E-state index in [2.05, 4.69) is 0 Å². The van der Waals surface area contributed by atoms with Gasteiger partial charge in [-0.25, -0.2) is 4.79 Å². The summed E-state index contributed by atoms with van der Waals surface area (Å²) >= 11 is 0. The molecule has 1 rings (SSSR count). The molecule has 94 valence electrons. The number of carboxylic acid groups (broad SMARTS) is 1. The van der Waals surface area contributed by atoms with E-state index in [1.165, 1.54) is 0 Å². The monoisotopic (exact) mass is 237 g/mol. The summed E-state index contributed by atoms with van der Waals surface area (Å²) < 4.78 is 0. The third-order valence-electron chi connectivity index (χ3n) is 1.73. The Morgan fingerprint density at radius 3 is 1.88 bits per heavy atom. The van der Waals surface area contributed by atoms with Crippen molar-refractivity contribution in [3.63, 3.8) is 0 Å². The zero-order valence-electron chi connectivity index (χ0n) is 10.4. The highest BCUT2D eigenvalue weighted by atomic mass is 16.4. The van der Waals surface area contributed by atoms with Crippen molar-refractivity contribution in [1.29, 1.82) is 0 Å². The van der Waals surface area contributed by atoms with Crippen LogP contribution in [0.4, 0.5) is 0 Å². The average molecular weight is 237 g/mol. The molecule has 0 saturated heterocycles. The number of carbonyl (C=O) groups is 2. The summed E-state index contributed by atoms with van der Waals surface area (Å²) in [5.74, 6) is -0.729. The molecule has 0 amide bonds. The molecule has 4 nitrogen and oxygen atoms in total. The number of aromatic carboxylic acids is 1. The molecule has 0 fully saturated rings. The first kappa shape index (κ1) is 15.3. The van der Waals surface area contributed by atoms with E-state index in [-0.39, 0.29) is 11.3 Å². The summed E-state index contributed by atoms with van der Waals surface area (Å²) in [7, 11) is 0. The number of rotatable bonds is 3. The number of hydrogen-bond donors (Lipinski definition) is 2. The molecular formula is C13H19NO3. The van der Waals surface area contributed by atoms with Crippen LogP contribution in [-0.4, -0.2) is 22.4 Å². The van der Waals surface area contributed by atoms with E-state index in [1.807, 2.05) is 13.8 Å². The minimum absolute atomic E-state index is 0.150. The van der Waals surface area contributed by atoms with Crippen LogP contribution in [0.25, 0.3) is 0 Å². The van der Waals surface area contributed by atoms with E-state index in [4.69, 9.17) is 10.8 Å². The van der Waals surface area contributed by atoms with Gasteiger partial charge in [-0.2, -0.15) is 0 Å². The Morgan fingerprint density at radius 2 is 1.71 bits per heavy atom. The number of hydrogen-bond acceptors (Lipinski definition) is 3. The third-order valence-corrected chi connectivity index (χ3v) is 1.73. The van der Waals surface area contributed by atoms with Gasteiger partial charge in [-0.1, -0.05) is 18.2 Å². The molecule has 0 saturated carbocycles. The summed E-state index contributed by atoms with van der Waals surface area (Å²) in [6.07, 6.45) is 0.465. The number of carboxylic acids is 1. The van der Waals surface area contributed by atoms with Gasteiger partial charge in [-0.15, -0.1) is 0 Å². The van der Waals surface area contributed by atoms with Gasteiger partial charge in [0.1, 0.15) is 5.78 Å². The Balaban J connectivity index is 0.000000304. The molecule has 0 heterocycles. The van der Waals surface area contributed by atoms with Crippen molar-refractivity contribution in [2.45, 2.75) is 32.7 Å². The largest absolute Gasteiger partial charge is 0.478 e. The number of benzene rings is 1. The Bertz CT molecular complexity index is 366. The zero-order valence-corrected chi connectivity index (χ0v) is 10.4. The first-order valence-electron chi connectivity index (χ1n) is 5.29. The van der Waals surface area contributed by atoms with Gasteiger partial charge in [0.05, 0.1) is 5.56 Å². The fourth-order valence-electron chi connectivity index (χ4n) is 1.22. The van der Waals surface area contributed by atoms with Gasteiger partial charge in [0, 0.05) is 12.0 Å². The summed E-state index contributed by atoms with van der Waals surface area (Å²) in [5, 5.41) is 8.38. The second-order valence-electron chi connectivity index (χ2n) is 4.54. The van der Waals surface area contributed by atoms with E-state index in [9.17, 15) is 9.59 Å². The summed E-state index contributed by atoms with van der Waals surface area (Å²) in [5.41, 5.74) is 5.52. The first-order chi connectivity index (χ1) is 7.72. The van der Waals surface area contributed by atoms with Gasteiger partial charge in [0.15, 0.2) is 0 Å². The molecule has 0 aliphatic heterocycles. The van der Waals surface area contributed by atoms with E-state index < -0.39 is 5.97 Å². The quantitative estimate of drug-likeness (QED) is 0.843. The van der Waals surface area contributed by atoms with Crippen molar-refractivity contribution in [2.24, 2.45) is 5.73 Å². The van der Waals surface area contributed by atoms with Crippen LogP contribution in [0.2, 0.25) is 0 Å². The van der Waals surface area contributed by atoms with E-state index in [1.54, 1.807) is 37.3 Å². The van der Waals surface area contributed by atoms with Gasteiger partial charge in [-0.3, -0.25) is 4.79 Å². The van der Waals surface area contributed by atoms with Crippen LogP contribution in [0.1, 0.15) is 37.6 Å². The molecule has 0 aliphatic rings. The second kappa shape index (κ2) is 6.81. The Hall–Kier alpha value is -1.68. The van der Waals surface area contributed by atoms with Crippen molar-refractivity contribution in [3.8, 4) is 0 Å². The van der Waals surface area contributed by atoms with Crippen LogP contribution < -0.4 is 5.73 Å². The molecule has 0 unspecified atom stereocenters. The first-order valence-corrected chi connectivity index (χ1v) is 5.29. The fraction of sp³-hybridized carbons (Fsp3) is 0.385. The van der Waals surface area contributed by atoms with Crippen LogP contribution in [0.3, 0.4) is 0 Å². The molecule has 0 bridgehead atoms. The molecule has 0 aliphatic carbocycles. The normalized spacial score (nSPS) is 10.1. The van der Waals surface area contributed by atoms with Gasteiger partial charge in [0.2, 0.25) is 0 Å². The molecule has 1 aromatic carbocycles. The molecule has 0 spiro atoms. The Kier molecular flexibility index (Phi) is 6.13. The standard InChI is InChI=1S/C7H6O2.C6H13NO/c8-7(9)6-4-2-1-3-5-6;1-5(8)4-6(2,3)7/h1-5H,(H,8,9);4,7H2,1-3H3. The third kappa shape index (κ3) is 9.26. The van der Waals surface area contributed by atoms with Crippen LogP contribution in [0, 0.1) is 0 Å². The van der Waals surface area contributed by atoms with Crippen molar-refractivity contribution in [1.82, 2.24) is 0 Å². The average Bonchev–Trinajstić information content (AvgIpc) is 2.16. The van der Waals surface area contributed by atoms with Gasteiger partial charge >= 0.3 is 5.97 Å². The minimum atomic E-state index is -0.879. The summed E-state index contributed by atoms with van der Waals surface area (Å²) in [6.45, 7) is 5.23. The summed E-state index contributed by atoms with van der Waals surface area (Å²) in [6, 6.07) is 8.30. The van der Waals surface area contributed by atoms with Crippen molar-refractivity contribution >= 4 is 11.8 Å². The van der Waals surface area contributed by atoms with E-state index >= 15 is 0 Å². The van der Waals surface area contributed by atoms with Crippen molar-refractivity contribution < 1.29 is 14.7 Å². The molecule has 1 aromatic rings. The Morgan fingerprint density at radius 1 is 1.24 bits per heavy atom. The van der Waals surface area contributed by atoms with Crippen LogP contribution in [0.15, 0.2) is 30.3 Å². The predicted octanol–water partition coefficient (Wildman–Crippen LogP) is 2.09. The van der Waals surface area contributed by atoms with E-state index in [0.717, 1.165) is 0 Å². The summed E-state index contributed by atoms with van der Waals surface area (Å²) in [4.78, 5) is 20.6. The number of nitrogens with two attached hydrogens (primary N) is 1.